The van der Waals surface area contributed by atoms with Crippen LogP contribution in [0.3, 0.4) is 0 Å². The van der Waals surface area contributed by atoms with E-state index in [4.69, 9.17) is 54.8 Å². The second-order valence-electron chi connectivity index (χ2n) is 33.3. The molecule has 8 heterocycles. The van der Waals surface area contributed by atoms with Gasteiger partial charge in [0.2, 0.25) is 48.4 Å². The first-order valence-corrected chi connectivity index (χ1v) is 44.7. The molecule has 0 aliphatic carbocycles. The summed E-state index contributed by atoms with van der Waals surface area (Å²) >= 11 is 2.95. The van der Waals surface area contributed by atoms with Crippen molar-refractivity contribution in [3.63, 3.8) is 0 Å². The molecule has 0 unspecified atom stereocenters. The normalized spacial score (nSPS) is 16.1. The van der Waals surface area contributed by atoms with Crippen molar-refractivity contribution in [3.05, 3.63) is 161 Å². The van der Waals surface area contributed by atoms with Gasteiger partial charge in [0.05, 0.1) is 72.8 Å². The van der Waals surface area contributed by atoms with Gasteiger partial charge in [0.1, 0.15) is 52.7 Å². The highest BCUT2D eigenvalue weighted by molar-refractivity contribution is 7.84. The highest BCUT2D eigenvalue weighted by Gasteiger charge is 2.54. The van der Waals surface area contributed by atoms with Crippen LogP contribution >= 0.6 is 34.0 Å². The Morgan fingerprint density at radius 2 is 0.950 bits per heavy atom. The van der Waals surface area contributed by atoms with Crippen LogP contribution in [0, 0.1) is 17.8 Å². The number of anilines is 3. The molecule has 2 aromatic carbocycles. The molecule has 3 aliphatic rings. The number of benzene rings is 2. The maximum atomic E-state index is 13.7. The molecule has 0 radical (unpaired) electrons. The summed E-state index contributed by atoms with van der Waals surface area (Å²) in [7, 11) is -5.08. The van der Waals surface area contributed by atoms with Crippen LogP contribution in [0.25, 0.3) is 0 Å². The van der Waals surface area contributed by atoms with E-state index in [9.17, 15) is 95.2 Å². The van der Waals surface area contributed by atoms with Gasteiger partial charge in [-0.05, 0) is 94.2 Å². The van der Waals surface area contributed by atoms with Gasteiger partial charge in [-0.1, -0.05) is 106 Å². The highest BCUT2D eigenvalue weighted by Crippen LogP contribution is 2.34. The molecule has 7 aromatic rings. The summed E-state index contributed by atoms with van der Waals surface area (Å²) in [5.74, 6) is -10.3. The minimum absolute atomic E-state index is 0. The molecular weight excluding hydrogens is 1910 g/mol. The highest BCUT2D eigenvalue weighted by atomic mass is 32.2. The SMILES string of the molecule is C.C.C.C.CC(C)(C)OC(=O)CO/N=C(\C(=O)C[C@@H]1C(=O)N[C@@H]1CN)c1csc(NC(=O)OC(C)(C)C)n1.CC(C)(C)OC(=O)CO/N=C(\C(=O)C[C@@H]1C(=O)N[C@@H]1CNC(=O)NCc1cc(=O)c(OCc2ccccc2)cn1OCc1ccccc1)c1csc(NC(=O)OC(C)(C)C)n1.Nc1nc(/C(=N/OCC(=O)O)C(=O)C[C@@H]2C(=O)N(S(=O)(=O)O)[C@@H]2CNC(=O)NCc2cc(=O)c(O)cn2O)cs1. The molecule has 3 aliphatic heterocycles. The van der Waals surface area contributed by atoms with Gasteiger partial charge in [0.15, 0.2) is 61.4 Å². The molecule has 760 valence electrons. The number of Topliss-reactive ketones (excluding diaryl/α,β-unsaturated/α-hetero) is 3. The molecule has 10 rings (SSSR count). The summed E-state index contributed by atoms with van der Waals surface area (Å²) in [6.45, 7) is 17.7. The summed E-state index contributed by atoms with van der Waals surface area (Å²) in [4.78, 5) is 219. The molecule has 49 nitrogen and oxygen atoms in total. The molecule has 53 heteroatoms. The van der Waals surface area contributed by atoms with Gasteiger partial charge in [0.25, 0.3) is 0 Å². The molecule has 0 spiro atoms. The molecule has 0 saturated carbocycles. The number of nitrogens with zero attached hydrogens (tertiary/aromatic N) is 9. The number of carbonyl (C=O) groups excluding carboxylic acids is 12. The number of rotatable bonds is 39. The van der Waals surface area contributed by atoms with Crippen molar-refractivity contribution in [1.29, 1.82) is 0 Å². The number of carboxylic acid groups (broad SMARTS) is 1. The average Bonchev–Trinajstić information content (AvgIpc) is 1.69. The van der Waals surface area contributed by atoms with Crippen molar-refractivity contribution in [2.24, 2.45) is 39.0 Å². The predicted molar refractivity (Wildman–Crippen MR) is 507 cm³/mol. The lowest BCUT2D eigenvalue weighted by atomic mass is 9.84. The number of β-lactam (4-membered cyclic amide) rings is 3. The molecule has 5 aromatic heterocycles. The molecule has 6 atom stereocenters. The number of hydrogen-bond acceptors (Lipinski definition) is 39. The largest absolute Gasteiger partial charge is 0.503 e. The topological polar surface area (TPSA) is 691 Å². The lowest BCUT2D eigenvalue weighted by Crippen LogP contribution is -2.66. The van der Waals surface area contributed by atoms with E-state index in [1.54, 1.807) is 83.1 Å². The van der Waals surface area contributed by atoms with Crippen LogP contribution in [0.5, 0.6) is 11.5 Å². The van der Waals surface area contributed by atoms with Crippen LogP contribution in [-0.2, 0) is 113 Å². The number of aromatic nitrogens is 5. The number of hydrogen-bond donors (Lipinski definition) is 14. The van der Waals surface area contributed by atoms with Crippen LogP contribution in [0.15, 0.2) is 126 Å². The summed E-state index contributed by atoms with van der Waals surface area (Å²) in [6, 6.07) is 17.0. The molecule has 16 N–H and O–H groups in total. The number of aliphatic carboxylic acids is 1. The van der Waals surface area contributed by atoms with Crippen molar-refractivity contribution in [1.82, 2.24) is 60.6 Å². The maximum Gasteiger partial charge on any atom is 0.413 e. The Morgan fingerprint density at radius 3 is 1.39 bits per heavy atom. The van der Waals surface area contributed by atoms with Crippen molar-refractivity contribution in [2.45, 2.75) is 199 Å². The van der Waals surface area contributed by atoms with E-state index in [1.807, 2.05) is 60.7 Å². The van der Waals surface area contributed by atoms with E-state index in [0.717, 1.165) is 51.2 Å². The van der Waals surface area contributed by atoms with Gasteiger partial charge in [-0.15, -0.1) is 34.0 Å². The lowest BCUT2D eigenvalue weighted by Gasteiger charge is -2.43. The number of pyridine rings is 2. The average molecular weight is 2030 g/mol. The Hall–Kier alpha value is -14.6. The van der Waals surface area contributed by atoms with Gasteiger partial charge < -0.3 is 102 Å². The molecule has 0 bridgehead atoms. The number of thiazole rings is 3. The van der Waals surface area contributed by atoms with Crippen LogP contribution in [0.4, 0.5) is 34.6 Å². The second kappa shape index (κ2) is 52.1. The number of amides is 9. The summed E-state index contributed by atoms with van der Waals surface area (Å²) in [5.41, 5.74) is 7.91. The van der Waals surface area contributed by atoms with E-state index >= 15 is 0 Å². The van der Waals surface area contributed by atoms with Crippen LogP contribution in [0.2, 0.25) is 0 Å². The summed E-state index contributed by atoms with van der Waals surface area (Å²) in [6.07, 6.45) is -0.574. The predicted octanol–water partition coefficient (Wildman–Crippen LogP) is 6.35. The van der Waals surface area contributed by atoms with E-state index in [0.29, 0.717) is 16.6 Å². The third kappa shape index (κ3) is 37.5. The number of nitrogens with two attached hydrogens (primary N) is 2. The van der Waals surface area contributed by atoms with Crippen molar-refractivity contribution >= 4 is 154 Å². The van der Waals surface area contributed by atoms with E-state index in [1.165, 1.54) is 33.1 Å². The fourth-order valence-electron chi connectivity index (χ4n) is 11.9. The zero-order chi connectivity index (χ0) is 99.6. The van der Waals surface area contributed by atoms with Gasteiger partial charge in [0, 0.05) is 67.2 Å². The van der Waals surface area contributed by atoms with Crippen molar-refractivity contribution in [3.8, 4) is 11.5 Å². The Kier molecular flexibility index (Phi) is 43.8. The van der Waals surface area contributed by atoms with Gasteiger partial charge in [-0.25, -0.2) is 52.8 Å². The number of nitrogens with one attached hydrogen (secondary N) is 8. The minimum Gasteiger partial charge on any atom is -0.503 e. The number of carbonyl (C=O) groups is 13. The summed E-state index contributed by atoms with van der Waals surface area (Å²) < 4.78 is 61.4. The number of esters is 2. The fourth-order valence-corrected chi connectivity index (χ4v) is 14.7. The zero-order valence-electron chi connectivity index (χ0n) is 74.7. The van der Waals surface area contributed by atoms with Crippen LogP contribution in [0.1, 0.15) is 172 Å². The van der Waals surface area contributed by atoms with E-state index in [2.05, 4.69) is 77.8 Å². The van der Waals surface area contributed by atoms with Gasteiger partial charge in [-0.3, -0.25) is 53.5 Å². The number of carboxylic acids is 1. The van der Waals surface area contributed by atoms with Crippen molar-refractivity contribution in [2.75, 3.05) is 55.8 Å². The second-order valence-corrected chi connectivity index (χ2v) is 37.2. The minimum atomic E-state index is -5.08. The first-order valence-electron chi connectivity index (χ1n) is 40.7. The number of oxime groups is 3. The molecule has 9 amide bonds. The number of ether oxygens (including phenoxy) is 5. The first-order chi connectivity index (χ1) is 63.3. The Bertz CT molecular complexity index is 5840. The molecule has 139 heavy (non-hydrogen) atoms. The Morgan fingerprint density at radius 1 is 0.532 bits per heavy atom. The Balaban J connectivity index is 0.000000452. The quantitative estimate of drug-likeness (QED) is 0.00379. The van der Waals surface area contributed by atoms with Crippen molar-refractivity contribution < 1.29 is 134 Å². The van der Waals surface area contributed by atoms with Crippen LogP contribution in [-0.4, -0.2) is 231 Å². The smallest absolute Gasteiger partial charge is 0.413 e. The van der Waals surface area contributed by atoms with E-state index in [-0.39, 0.29) is 147 Å². The lowest BCUT2D eigenvalue weighted by molar-refractivity contribution is -0.161. The maximum absolute atomic E-state index is 13.7. The van der Waals surface area contributed by atoms with Crippen LogP contribution < -0.4 is 74.4 Å². The molecule has 3 saturated heterocycles. The third-order valence-electron chi connectivity index (χ3n) is 17.9. The standard InChI is InChI=1S/C42H49N7O11S.C21H31N5O7S.C19H21N7O12S2.4CH4/c1-41(2,3)59-35(52)24-57-48-36(31-25-61-39(46-31)47-40(55)60-42(4,5)6)33(51)18-29-30(45-37(29)53)20-44-38(54)43-19-28-17-32(50)34(56-22-26-13-9-7-10-14-26)21-49(28)58-23-27-15-11-8-12-16-27;1-20(2,3)32-15(28)9-31-26-16(14(27)7-11-12(8-22)23-17(11)29)13-10-34-18(24-13)25-19(30)33-21(4,5)6;20-18-23-10(7-39-18)16(24-38-6-15(30)31)13(28)2-9-11(26(17(9)32)40(35,36)37)4-22-19(33)21-3-8-1-12(27)14(29)5-25(8)34;;;;/h7-17,21,25,29-30H,18-20,22-24H2,1-6H3,(H,45,53)(H2,43,44,54)(H,46,47,55);10-12H,7-9,22H2,1-6H3,(H,23,29)(H,24,25,30);1,5,7,9,11,29,34H,2-4,6H2,(H2,20,23)(H,30,31)(H2,21,22,33)(H,35,36,37);4*1H4/b48-36-;26-16-;24-16-;;;;/t29-,30+;11-,12+;9-,11+;;;;/m000..../s1. The van der Waals surface area contributed by atoms with Gasteiger partial charge in [-0.2, -0.15) is 17.9 Å². The third-order valence-corrected chi connectivity index (χ3v) is 21.0. The number of aromatic hydroxyl groups is 1. The summed E-state index contributed by atoms with van der Waals surface area (Å²) in [5, 5.41) is 63.6. The first kappa shape index (κ1) is 117. The van der Waals surface area contributed by atoms with Gasteiger partial charge >= 0.3 is 52.5 Å². The Labute approximate surface area is 810 Å². The molecular formula is C86H117N19O30S4. The monoisotopic (exact) mass is 2020 g/mol. The zero-order valence-corrected chi connectivity index (χ0v) is 78.0. The number of nitrogen functional groups attached to an aromatic ring is 1. The molecule has 3 fully saturated rings. The van der Waals surface area contributed by atoms with E-state index < -0.39 is 196 Å². The number of urea groups is 2. The number of ketones is 3. The fraction of sp³-hybridized carbons (Fsp3) is 0.453.